The Bertz CT molecular complexity index is 194. The molecule has 0 aromatic rings. The summed E-state index contributed by atoms with van der Waals surface area (Å²) in [7, 11) is 0. The van der Waals surface area contributed by atoms with E-state index in [1.807, 2.05) is 0 Å². The van der Waals surface area contributed by atoms with Crippen molar-refractivity contribution in [1.29, 1.82) is 0 Å². The van der Waals surface area contributed by atoms with Gasteiger partial charge in [-0.15, -0.1) is 11.6 Å². The zero-order chi connectivity index (χ0) is 11.2. The number of nitrogens with one attached hydrogen (secondary N) is 1. The minimum Gasteiger partial charge on any atom is -0.378 e. The number of hydrogen-bond acceptors (Lipinski definition) is 2. The minimum atomic E-state index is 0.519. The maximum atomic E-state index is 6.02. The molecule has 0 amide bonds. The Hall–Kier alpha value is 0.210. The largest absolute Gasteiger partial charge is 0.378 e. The summed E-state index contributed by atoms with van der Waals surface area (Å²) in [5.41, 5.74) is 0. The second kappa shape index (κ2) is 6.83. The van der Waals surface area contributed by atoms with Crippen LogP contribution >= 0.6 is 11.6 Å². The van der Waals surface area contributed by atoms with Gasteiger partial charge in [0, 0.05) is 18.5 Å². The summed E-state index contributed by atoms with van der Waals surface area (Å²) < 4.78 is 5.63. The van der Waals surface area contributed by atoms with Gasteiger partial charge in [-0.1, -0.05) is 12.8 Å². The molecule has 2 aliphatic rings. The third-order valence-corrected chi connectivity index (χ3v) is 4.40. The normalized spacial score (nSPS) is 35.4. The lowest BCUT2D eigenvalue weighted by Crippen LogP contribution is -2.40. The average Bonchev–Trinajstić information content (AvgIpc) is 2.83. The Morgan fingerprint density at radius 2 is 2.00 bits per heavy atom. The topological polar surface area (TPSA) is 21.3 Å². The molecule has 1 aliphatic carbocycles. The molecule has 2 nitrogen and oxygen atoms in total. The van der Waals surface area contributed by atoms with Crippen molar-refractivity contribution in [1.82, 2.24) is 5.32 Å². The molecule has 3 unspecified atom stereocenters. The lowest BCUT2D eigenvalue weighted by molar-refractivity contribution is 0.102. The van der Waals surface area contributed by atoms with Gasteiger partial charge in [-0.25, -0.2) is 0 Å². The fraction of sp³-hybridized carbons (Fsp3) is 1.00. The number of hydrogen-bond donors (Lipinski definition) is 1. The average molecular weight is 246 g/mol. The Labute approximate surface area is 104 Å². The second-order valence-electron chi connectivity index (χ2n) is 5.18. The highest BCUT2D eigenvalue weighted by atomic mass is 35.5. The van der Waals surface area contributed by atoms with Gasteiger partial charge in [-0.05, 0) is 44.6 Å². The Morgan fingerprint density at radius 3 is 2.75 bits per heavy atom. The lowest BCUT2D eigenvalue weighted by Gasteiger charge is -2.31. The number of ether oxygens (including phenoxy) is 1. The van der Waals surface area contributed by atoms with Gasteiger partial charge in [-0.3, -0.25) is 0 Å². The van der Waals surface area contributed by atoms with Gasteiger partial charge >= 0.3 is 0 Å². The molecule has 1 N–H and O–H groups in total. The fourth-order valence-electron chi connectivity index (χ4n) is 2.96. The first-order valence-corrected chi connectivity index (χ1v) is 7.34. The van der Waals surface area contributed by atoms with Gasteiger partial charge in [0.15, 0.2) is 0 Å². The highest BCUT2D eigenvalue weighted by Crippen LogP contribution is 2.25. The van der Waals surface area contributed by atoms with Crippen molar-refractivity contribution in [3.05, 3.63) is 0 Å². The molecule has 2 fully saturated rings. The summed E-state index contributed by atoms with van der Waals surface area (Å²) >= 11 is 6.02. The van der Waals surface area contributed by atoms with E-state index in [2.05, 4.69) is 5.32 Å². The first-order valence-electron chi connectivity index (χ1n) is 6.81. The van der Waals surface area contributed by atoms with Gasteiger partial charge in [0.1, 0.15) is 0 Å². The first-order chi connectivity index (χ1) is 7.90. The Balaban J connectivity index is 1.63. The van der Waals surface area contributed by atoms with Crippen molar-refractivity contribution >= 4 is 11.6 Å². The minimum absolute atomic E-state index is 0.519. The third kappa shape index (κ3) is 3.61. The monoisotopic (exact) mass is 245 g/mol. The van der Waals surface area contributed by atoms with Crippen molar-refractivity contribution in [3.8, 4) is 0 Å². The van der Waals surface area contributed by atoms with Crippen LogP contribution in [0.1, 0.15) is 44.9 Å². The summed E-state index contributed by atoms with van der Waals surface area (Å²) in [6, 6.07) is 0.660. The van der Waals surface area contributed by atoms with Crippen LogP contribution in [0.2, 0.25) is 0 Å². The van der Waals surface area contributed by atoms with Crippen LogP contribution in [0.4, 0.5) is 0 Å². The molecule has 0 bridgehead atoms. The molecule has 16 heavy (non-hydrogen) atoms. The molecule has 2 rings (SSSR count). The van der Waals surface area contributed by atoms with E-state index in [4.69, 9.17) is 16.3 Å². The molecule has 1 heterocycles. The lowest BCUT2D eigenvalue weighted by atomic mass is 9.85. The van der Waals surface area contributed by atoms with Crippen LogP contribution in [0.25, 0.3) is 0 Å². The highest BCUT2D eigenvalue weighted by Gasteiger charge is 2.24. The van der Waals surface area contributed by atoms with E-state index >= 15 is 0 Å². The third-order valence-electron chi connectivity index (χ3n) is 4.00. The zero-order valence-corrected chi connectivity index (χ0v) is 10.8. The van der Waals surface area contributed by atoms with Gasteiger partial charge < -0.3 is 10.1 Å². The molecular weight excluding hydrogens is 222 g/mol. The summed E-state index contributed by atoms with van der Waals surface area (Å²) in [5.74, 6) is 1.51. The molecule has 94 valence electrons. The van der Waals surface area contributed by atoms with Gasteiger partial charge in [0.2, 0.25) is 0 Å². The van der Waals surface area contributed by atoms with E-state index in [-0.39, 0.29) is 0 Å². The number of halogens is 1. The summed E-state index contributed by atoms with van der Waals surface area (Å²) in [5, 5.41) is 3.69. The van der Waals surface area contributed by atoms with Crippen molar-refractivity contribution in [2.75, 3.05) is 19.0 Å². The van der Waals surface area contributed by atoms with E-state index in [9.17, 15) is 0 Å². The van der Waals surface area contributed by atoms with Crippen molar-refractivity contribution < 1.29 is 4.74 Å². The van der Waals surface area contributed by atoms with Gasteiger partial charge in [0.25, 0.3) is 0 Å². The standard InChI is InChI=1S/C13H24ClNO/c14-10-11-4-1-2-6-13(11)15-8-7-12-5-3-9-16-12/h11-13,15H,1-10H2. The maximum Gasteiger partial charge on any atom is 0.0588 e. The highest BCUT2D eigenvalue weighted by molar-refractivity contribution is 6.18. The quantitative estimate of drug-likeness (QED) is 0.752. The van der Waals surface area contributed by atoms with Crippen molar-refractivity contribution in [2.24, 2.45) is 5.92 Å². The summed E-state index contributed by atoms with van der Waals surface area (Å²) in [6.07, 6.45) is 9.54. The molecule has 0 aromatic carbocycles. The molecule has 1 saturated heterocycles. The predicted molar refractivity (Wildman–Crippen MR) is 68.1 cm³/mol. The fourth-order valence-corrected chi connectivity index (χ4v) is 3.33. The molecule has 0 spiro atoms. The van der Waals surface area contributed by atoms with Gasteiger partial charge in [-0.2, -0.15) is 0 Å². The maximum absolute atomic E-state index is 6.02. The predicted octanol–water partition coefficient (Wildman–Crippen LogP) is 2.94. The van der Waals surface area contributed by atoms with E-state index in [1.165, 1.54) is 44.9 Å². The molecule has 1 aliphatic heterocycles. The van der Waals surface area contributed by atoms with Crippen LogP contribution in [-0.2, 0) is 4.74 Å². The zero-order valence-electron chi connectivity index (χ0n) is 10.1. The Kier molecular flexibility index (Phi) is 5.40. The van der Waals surface area contributed by atoms with E-state index in [0.29, 0.717) is 18.1 Å². The molecule has 0 radical (unpaired) electrons. The SMILES string of the molecule is ClCC1CCCCC1NCCC1CCCO1. The van der Waals surface area contributed by atoms with Gasteiger partial charge in [0.05, 0.1) is 6.10 Å². The van der Waals surface area contributed by atoms with Crippen LogP contribution in [0, 0.1) is 5.92 Å². The van der Waals surface area contributed by atoms with Crippen LogP contribution < -0.4 is 5.32 Å². The molecule has 3 atom stereocenters. The first kappa shape index (κ1) is 12.7. The molecule has 0 aromatic heterocycles. The van der Waals surface area contributed by atoms with Crippen LogP contribution in [0.3, 0.4) is 0 Å². The summed E-state index contributed by atoms with van der Waals surface area (Å²) in [4.78, 5) is 0. The summed E-state index contributed by atoms with van der Waals surface area (Å²) in [6.45, 7) is 2.07. The Morgan fingerprint density at radius 1 is 1.12 bits per heavy atom. The van der Waals surface area contributed by atoms with Crippen LogP contribution in [-0.4, -0.2) is 31.2 Å². The smallest absolute Gasteiger partial charge is 0.0588 e. The van der Waals surface area contributed by atoms with Crippen molar-refractivity contribution in [3.63, 3.8) is 0 Å². The molecule has 1 saturated carbocycles. The van der Waals surface area contributed by atoms with Crippen molar-refractivity contribution in [2.45, 2.75) is 57.1 Å². The number of rotatable bonds is 5. The molecular formula is C13H24ClNO. The second-order valence-corrected chi connectivity index (χ2v) is 5.49. The van der Waals surface area contributed by atoms with Crippen LogP contribution in [0.5, 0.6) is 0 Å². The van der Waals surface area contributed by atoms with E-state index in [0.717, 1.165) is 19.0 Å². The molecule has 3 heteroatoms. The van der Waals surface area contributed by atoms with E-state index in [1.54, 1.807) is 0 Å². The number of alkyl halides is 1. The van der Waals surface area contributed by atoms with Crippen LogP contribution in [0.15, 0.2) is 0 Å². The van der Waals surface area contributed by atoms with E-state index < -0.39 is 0 Å².